The van der Waals surface area contributed by atoms with Crippen molar-refractivity contribution in [3.63, 3.8) is 0 Å². The maximum absolute atomic E-state index is 12.5. The van der Waals surface area contributed by atoms with Crippen LogP contribution in [0.25, 0.3) is 0 Å². The van der Waals surface area contributed by atoms with Crippen LogP contribution in [0, 0.1) is 0 Å². The molecule has 0 N–H and O–H groups in total. The minimum atomic E-state index is -4.37. The zero-order valence-electron chi connectivity index (χ0n) is 11.6. The number of ether oxygens (including phenoxy) is 1. The van der Waals surface area contributed by atoms with Crippen molar-refractivity contribution in [1.82, 2.24) is 9.88 Å². The van der Waals surface area contributed by atoms with Crippen LogP contribution >= 0.6 is 0 Å². The number of hydrogen-bond donors (Lipinski definition) is 0. The highest BCUT2D eigenvalue weighted by Gasteiger charge is 2.31. The van der Waals surface area contributed by atoms with Crippen LogP contribution in [0.1, 0.15) is 5.56 Å². The quantitative estimate of drug-likeness (QED) is 0.790. The average Bonchev–Trinajstić information content (AvgIpc) is 2.47. The molecule has 116 valence electrons. The highest BCUT2D eigenvalue weighted by atomic mass is 19.4. The molecule has 2 heterocycles. The number of carbonyl (C=O) groups is 1. The third kappa shape index (κ3) is 4.07. The van der Waals surface area contributed by atoms with Crippen molar-refractivity contribution in [1.29, 1.82) is 0 Å². The van der Waals surface area contributed by atoms with E-state index >= 15 is 0 Å². The van der Waals surface area contributed by atoms with Gasteiger partial charge in [-0.2, -0.15) is 13.2 Å². The summed E-state index contributed by atoms with van der Waals surface area (Å²) in [5.41, 5.74) is -0.754. The van der Waals surface area contributed by atoms with Gasteiger partial charge in [0.2, 0.25) is 0 Å². The number of nitrogens with zero attached hydrogens (tertiary/aromatic N) is 3. The predicted molar refractivity (Wildman–Crippen MR) is 69.9 cm³/mol. The average molecular weight is 303 g/mol. The molecule has 0 radical (unpaired) electrons. The van der Waals surface area contributed by atoms with Crippen LogP contribution in [0.3, 0.4) is 0 Å². The van der Waals surface area contributed by atoms with Crippen molar-refractivity contribution < 1.29 is 22.7 Å². The Hall–Kier alpha value is -1.83. The highest BCUT2D eigenvalue weighted by Crippen LogP contribution is 2.29. The molecule has 0 atom stereocenters. The Balaban J connectivity index is 1.92. The molecule has 0 aliphatic carbocycles. The molecular weight excluding hydrogens is 287 g/mol. The Morgan fingerprint density at radius 3 is 2.43 bits per heavy atom. The van der Waals surface area contributed by atoms with Gasteiger partial charge in [0.05, 0.1) is 19.2 Å². The lowest BCUT2D eigenvalue weighted by Gasteiger charge is -2.34. The lowest BCUT2D eigenvalue weighted by molar-refractivity contribution is -0.142. The van der Waals surface area contributed by atoms with Gasteiger partial charge >= 0.3 is 12.1 Å². The van der Waals surface area contributed by atoms with Crippen LogP contribution in [-0.2, 0) is 15.7 Å². The van der Waals surface area contributed by atoms with E-state index in [9.17, 15) is 18.0 Å². The van der Waals surface area contributed by atoms with E-state index < -0.39 is 11.7 Å². The highest BCUT2D eigenvalue weighted by molar-refractivity contribution is 5.71. The topological polar surface area (TPSA) is 45.7 Å². The van der Waals surface area contributed by atoms with Crippen LogP contribution in [0.2, 0.25) is 0 Å². The molecule has 1 aliphatic heterocycles. The SMILES string of the molecule is COC(=O)CN1CCN(c2ccc(C(F)(F)F)cn2)CC1. The van der Waals surface area contributed by atoms with E-state index in [2.05, 4.69) is 9.72 Å². The minimum Gasteiger partial charge on any atom is -0.468 e. The van der Waals surface area contributed by atoms with E-state index in [1.807, 2.05) is 9.80 Å². The van der Waals surface area contributed by atoms with Crippen molar-refractivity contribution in [2.24, 2.45) is 0 Å². The van der Waals surface area contributed by atoms with Gasteiger partial charge in [-0.1, -0.05) is 0 Å². The van der Waals surface area contributed by atoms with Gasteiger partial charge in [-0.05, 0) is 12.1 Å². The first-order chi connectivity index (χ1) is 9.90. The fourth-order valence-electron chi connectivity index (χ4n) is 2.12. The van der Waals surface area contributed by atoms with Crippen molar-refractivity contribution in [3.8, 4) is 0 Å². The molecule has 21 heavy (non-hydrogen) atoms. The summed E-state index contributed by atoms with van der Waals surface area (Å²) in [4.78, 5) is 18.9. The van der Waals surface area contributed by atoms with Gasteiger partial charge in [-0.3, -0.25) is 9.69 Å². The van der Waals surface area contributed by atoms with Gasteiger partial charge in [0, 0.05) is 32.4 Å². The summed E-state index contributed by atoms with van der Waals surface area (Å²) in [6.45, 7) is 2.71. The summed E-state index contributed by atoms with van der Waals surface area (Å²) >= 11 is 0. The number of carbonyl (C=O) groups excluding carboxylic acids is 1. The second kappa shape index (κ2) is 6.30. The first kappa shape index (κ1) is 15.6. The van der Waals surface area contributed by atoms with Gasteiger partial charge in [0.1, 0.15) is 5.82 Å². The lowest BCUT2D eigenvalue weighted by Crippen LogP contribution is -2.48. The molecule has 1 saturated heterocycles. The molecular formula is C13H16F3N3O2. The molecule has 1 aromatic rings. The zero-order valence-corrected chi connectivity index (χ0v) is 11.6. The van der Waals surface area contributed by atoms with Gasteiger partial charge in [-0.25, -0.2) is 4.98 Å². The Labute approximate surface area is 120 Å². The number of halogens is 3. The Kier molecular flexibility index (Phi) is 4.66. The lowest BCUT2D eigenvalue weighted by atomic mass is 10.2. The predicted octanol–water partition coefficient (Wildman–Crippen LogP) is 1.40. The van der Waals surface area contributed by atoms with E-state index in [4.69, 9.17) is 0 Å². The minimum absolute atomic E-state index is 0.227. The van der Waals surface area contributed by atoms with Crippen LogP contribution in [0.15, 0.2) is 18.3 Å². The summed E-state index contributed by atoms with van der Waals surface area (Å²) < 4.78 is 42.0. The first-order valence-electron chi connectivity index (χ1n) is 6.47. The molecule has 5 nitrogen and oxygen atoms in total. The van der Waals surface area contributed by atoms with E-state index in [0.717, 1.165) is 12.3 Å². The van der Waals surface area contributed by atoms with Gasteiger partial charge in [0.25, 0.3) is 0 Å². The summed E-state index contributed by atoms with van der Waals surface area (Å²) in [5, 5.41) is 0. The summed E-state index contributed by atoms with van der Waals surface area (Å²) in [5.74, 6) is 0.219. The number of hydrogen-bond acceptors (Lipinski definition) is 5. The van der Waals surface area contributed by atoms with Crippen LogP contribution in [-0.4, -0.2) is 55.7 Å². The van der Waals surface area contributed by atoms with Crippen molar-refractivity contribution in [3.05, 3.63) is 23.9 Å². The van der Waals surface area contributed by atoms with Crippen LogP contribution in [0.5, 0.6) is 0 Å². The number of aromatic nitrogens is 1. The van der Waals surface area contributed by atoms with E-state index in [0.29, 0.717) is 32.0 Å². The maximum atomic E-state index is 12.5. The number of pyridine rings is 1. The normalized spacial score (nSPS) is 16.9. The summed E-state index contributed by atoms with van der Waals surface area (Å²) in [7, 11) is 1.34. The number of alkyl halides is 3. The van der Waals surface area contributed by atoms with Gasteiger partial charge in [0.15, 0.2) is 0 Å². The Morgan fingerprint density at radius 1 is 1.29 bits per heavy atom. The molecule has 1 aromatic heterocycles. The molecule has 2 rings (SSSR count). The zero-order chi connectivity index (χ0) is 15.5. The maximum Gasteiger partial charge on any atom is 0.417 e. The molecule has 0 amide bonds. The van der Waals surface area contributed by atoms with E-state index in [1.54, 1.807) is 0 Å². The summed E-state index contributed by atoms with van der Waals surface area (Å²) in [6.07, 6.45) is -3.53. The van der Waals surface area contributed by atoms with E-state index in [1.165, 1.54) is 13.2 Å². The molecule has 0 aromatic carbocycles. The van der Waals surface area contributed by atoms with Crippen LogP contribution < -0.4 is 4.90 Å². The first-order valence-corrected chi connectivity index (χ1v) is 6.47. The number of anilines is 1. The van der Waals surface area contributed by atoms with Crippen molar-refractivity contribution in [2.45, 2.75) is 6.18 Å². The molecule has 8 heteroatoms. The van der Waals surface area contributed by atoms with E-state index in [-0.39, 0.29) is 12.5 Å². The second-order valence-corrected chi connectivity index (χ2v) is 4.74. The Bertz CT molecular complexity index is 482. The molecule has 0 unspecified atom stereocenters. The molecule has 0 bridgehead atoms. The standard InChI is InChI=1S/C13H16F3N3O2/c1-21-12(20)9-18-4-6-19(7-5-18)11-3-2-10(8-17-11)13(14,15)16/h2-3,8H,4-7,9H2,1H3. The van der Waals surface area contributed by atoms with Crippen LogP contribution in [0.4, 0.5) is 19.0 Å². The molecule has 1 fully saturated rings. The third-order valence-corrected chi connectivity index (χ3v) is 3.35. The largest absolute Gasteiger partial charge is 0.468 e. The van der Waals surface area contributed by atoms with Gasteiger partial charge in [-0.15, -0.1) is 0 Å². The number of methoxy groups -OCH3 is 1. The fraction of sp³-hybridized carbons (Fsp3) is 0.538. The monoisotopic (exact) mass is 303 g/mol. The number of piperazine rings is 1. The number of rotatable bonds is 3. The third-order valence-electron chi connectivity index (χ3n) is 3.35. The number of esters is 1. The fourth-order valence-corrected chi connectivity index (χ4v) is 2.12. The second-order valence-electron chi connectivity index (χ2n) is 4.74. The smallest absolute Gasteiger partial charge is 0.417 e. The molecule has 0 saturated carbocycles. The summed E-state index contributed by atoms with van der Waals surface area (Å²) in [6, 6.07) is 2.40. The van der Waals surface area contributed by atoms with Crippen molar-refractivity contribution >= 4 is 11.8 Å². The van der Waals surface area contributed by atoms with Crippen molar-refractivity contribution in [2.75, 3.05) is 44.7 Å². The van der Waals surface area contributed by atoms with Gasteiger partial charge < -0.3 is 9.64 Å². The molecule has 1 aliphatic rings. The molecule has 0 spiro atoms. The Morgan fingerprint density at radius 2 is 1.95 bits per heavy atom.